The zero-order valence-corrected chi connectivity index (χ0v) is 24.0. The van der Waals surface area contributed by atoms with Crippen LogP contribution in [0.3, 0.4) is 0 Å². The predicted molar refractivity (Wildman–Crippen MR) is 162 cm³/mol. The van der Waals surface area contributed by atoms with Gasteiger partial charge in [0, 0.05) is 17.3 Å². The van der Waals surface area contributed by atoms with E-state index < -0.39 is 0 Å². The topological polar surface area (TPSA) is 98.8 Å². The number of thioether (sulfide) groups is 1. The number of ether oxygens (including phenoxy) is 1. The number of methoxy groups -OCH3 is 1. The molecule has 0 saturated heterocycles. The highest BCUT2D eigenvalue weighted by molar-refractivity contribution is 7.98. The normalized spacial score (nSPS) is 11.7. The van der Waals surface area contributed by atoms with Crippen molar-refractivity contribution in [3.63, 3.8) is 0 Å². The molecule has 0 unspecified atom stereocenters. The van der Waals surface area contributed by atoms with E-state index in [-0.39, 0.29) is 11.0 Å². The van der Waals surface area contributed by atoms with Crippen molar-refractivity contribution in [1.82, 2.24) is 24.7 Å². The number of aromatic amines is 1. The number of rotatable bonds is 7. The number of hydrogen-bond donors (Lipinski definition) is 1. The number of nitrogens with one attached hydrogen (secondary N) is 1. The van der Waals surface area contributed by atoms with Crippen LogP contribution in [0.4, 0.5) is 0 Å². The summed E-state index contributed by atoms with van der Waals surface area (Å²) in [5.41, 5.74) is 5.37. The van der Waals surface area contributed by atoms with Crippen LogP contribution in [-0.4, -0.2) is 31.8 Å². The summed E-state index contributed by atoms with van der Waals surface area (Å²) < 4.78 is 12.8. The van der Waals surface area contributed by atoms with Crippen molar-refractivity contribution in [3.8, 4) is 34.0 Å². The molecule has 0 aliphatic carbocycles. The van der Waals surface area contributed by atoms with Gasteiger partial charge in [-0.3, -0.25) is 4.79 Å². The number of hydrogen-bond acceptors (Lipinski definition) is 7. The number of fused-ring (bicyclic) bond motifs is 1. The Bertz CT molecular complexity index is 1880. The number of benzene rings is 3. The molecule has 0 spiro atoms. The van der Waals surface area contributed by atoms with E-state index >= 15 is 0 Å². The van der Waals surface area contributed by atoms with Gasteiger partial charge in [0.15, 0.2) is 5.16 Å². The SMILES string of the molecule is COc1ccccc1-n1c(SCc2nc(-c3ccc(C(C)(C)C)cc3)no2)nc2c(-c3ccccc3)c[nH]c2c1=O. The summed E-state index contributed by atoms with van der Waals surface area (Å²) in [6.45, 7) is 6.54. The zero-order chi connectivity index (χ0) is 28.6. The molecule has 0 atom stereocenters. The van der Waals surface area contributed by atoms with Gasteiger partial charge >= 0.3 is 0 Å². The van der Waals surface area contributed by atoms with Crippen LogP contribution in [0, 0.1) is 0 Å². The molecule has 8 nitrogen and oxygen atoms in total. The monoisotopic (exact) mass is 563 g/mol. The highest BCUT2D eigenvalue weighted by Crippen LogP contribution is 2.32. The first-order valence-corrected chi connectivity index (χ1v) is 14.2. The molecular formula is C32H29N5O3S. The first-order chi connectivity index (χ1) is 19.8. The Morgan fingerprint density at radius 3 is 2.39 bits per heavy atom. The summed E-state index contributed by atoms with van der Waals surface area (Å²) in [5.74, 6) is 1.84. The van der Waals surface area contributed by atoms with Crippen molar-refractivity contribution in [1.29, 1.82) is 0 Å². The second-order valence-corrected chi connectivity index (χ2v) is 11.6. The minimum atomic E-state index is -0.227. The van der Waals surface area contributed by atoms with E-state index in [0.29, 0.717) is 45.1 Å². The first-order valence-electron chi connectivity index (χ1n) is 13.2. The molecule has 3 aromatic carbocycles. The van der Waals surface area contributed by atoms with Gasteiger partial charge in [-0.05, 0) is 28.7 Å². The summed E-state index contributed by atoms with van der Waals surface area (Å²) in [4.78, 5) is 26.7. The zero-order valence-electron chi connectivity index (χ0n) is 23.2. The first kappa shape index (κ1) is 26.6. The molecule has 206 valence electrons. The second kappa shape index (κ2) is 10.7. The van der Waals surface area contributed by atoms with E-state index in [0.717, 1.165) is 16.7 Å². The minimum absolute atomic E-state index is 0.0583. The number of nitrogens with zero attached hydrogens (tertiary/aromatic N) is 4. The third kappa shape index (κ3) is 5.16. The Kier molecular flexibility index (Phi) is 6.96. The van der Waals surface area contributed by atoms with Crippen molar-refractivity contribution in [2.75, 3.05) is 7.11 Å². The van der Waals surface area contributed by atoms with Gasteiger partial charge in [0.05, 0.1) is 18.6 Å². The van der Waals surface area contributed by atoms with Gasteiger partial charge < -0.3 is 14.2 Å². The van der Waals surface area contributed by atoms with Crippen molar-refractivity contribution in [2.45, 2.75) is 37.1 Å². The summed E-state index contributed by atoms with van der Waals surface area (Å²) >= 11 is 1.35. The molecule has 0 radical (unpaired) electrons. The smallest absolute Gasteiger partial charge is 0.283 e. The van der Waals surface area contributed by atoms with E-state index in [1.807, 2.05) is 72.9 Å². The fourth-order valence-corrected chi connectivity index (χ4v) is 5.51. The van der Waals surface area contributed by atoms with Gasteiger partial charge in [0.2, 0.25) is 11.7 Å². The number of H-pyrrole nitrogens is 1. The molecule has 0 saturated carbocycles. The lowest BCUT2D eigenvalue weighted by molar-refractivity contribution is 0.391. The fraction of sp³-hybridized carbons (Fsp3) is 0.188. The molecule has 3 heterocycles. The second-order valence-electron chi connectivity index (χ2n) is 10.6. The largest absolute Gasteiger partial charge is 0.495 e. The van der Waals surface area contributed by atoms with Crippen molar-refractivity contribution in [2.24, 2.45) is 0 Å². The van der Waals surface area contributed by atoms with Crippen LogP contribution in [0.25, 0.3) is 39.2 Å². The van der Waals surface area contributed by atoms with Crippen molar-refractivity contribution >= 4 is 22.8 Å². The van der Waals surface area contributed by atoms with E-state index in [2.05, 4.69) is 48.0 Å². The molecule has 6 aromatic rings. The average molecular weight is 564 g/mol. The predicted octanol–water partition coefficient (Wildman–Crippen LogP) is 7.03. The van der Waals surface area contributed by atoms with Gasteiger partial charge in [-0.2, -0.15) is 4.98 Å². The number of aromatic nitrogens is 5. The Morgan fingerprint density at radius 2 is 1.66 bits per heavy atom. The van der Waals surface area contributed by atoms with E-state index in [4.69, 9.17) is 14.2 Å². The van der Waals surface area contributed by atoms with Crippen LogP contribution in [0.5, 0.6) is 5.75 Å². The van der Waals surface area contributed by atoms with Gasteiger partial charge in [-0.15, -0.1) is 0 Å². The third-order valence-electron chi connectivity index (χ3n) is 6.88. The van der Waals surface area contributed by atoms with E-state index in [1.165, 1.54) is 17.3 Å². The molecule has 0 aliphatic heterocycles. The lowest BCUT2D eigenvalue weighted by Crippen LogP contribution is -2.22. The molecule has 0 fully saturated rings. The molecule has 3 aromatic heterocycles. The molecule has 9 heteroatoms. The van der Waals surface area contributed by atoms with Crippen LogP contribution in [0.2, 0.25) is 0 Å². The maximum Gasteiger partial charge on any atom is 0.283 e. The van der Waals surface area contributed by atoms with Crippen molar-refractivity contribution < 1.29 is 9.26 Å². The average Bonchev–Trinajstić information content (AvgIpc) is 3.64. The lowest BCUT2D eigenvalue weighted by Gasteiger charge is -2.18. The molecule has 0 amide bonds. The summed E-state index contributed by atoms with van der Waals surface area (Å²) in [5, 5.41) is 4.68. The minimum Gasteiger partial charge on any atom is -0.495 e. The third-order valence-corrected chi connectivity index (χ3v) is 7.80. The Hall–Kier alpha value is -4.63. The quantitative estimate of drug-likeness (QED) is 0.164. The molecule has 41 heavy (non-hydrogen) atoms. The molecule has 0 bridgehead atoms. The van der Waals surface area contributed by atoms with Crippen molar-refractivity contribution in [3.05, 3.63) is 107 Å². The van der Waals surface area contributed by atoms with Crippen LogP contribution >= 0.6 is 11.8 Å². The Balaban J connectivity index is 1.38. The van der Waals surface area contributed by atoms with Gasteiger partial charge in [-0.1, -0.05) is 104 Å². The van der Waals surface area contributed by atoms with E-state index in [9.17, 15) is 4.79 Å². The van der Waals surface area contributed by atoms with Crippen LogP contribution in [0.15, 0.2) is 99.5 Å². The summed E-state index contributed by atoms with van der Waals surface area (Å²) in [7, 11) is 1.58. The maximum atomic E-state index is 13.9. The maximum absolute atomic E-state index is 13.9. The van der Waals surface area contributed by atoms with Crippen LogP contribution < -0.4 is 10.3 Å². The highest BCUT2D eigenvalue weighted by atomic mass is 32.2. The Labute approximate surface area is 241 Å². The van der Waals surface area contributed by atoms with E-state index in [1.54, 1.807) is 11.7 Å². The molecule has 6 rings (SSSR count). The highest BCUT2D eigenvalue weighted by Gasteiger charge is 2.21. The summed E-state index contributed by atoms with van der Waals surface area (Å²) in [6, 6.07) is 25.5. The Morgan fingerprint density at radius 1 is 0.927 bits per heavy atom. The molecular weight excluding hydrogens is 534 g/mol. The fourth-order valence-electron chi connectivity index (χ4n) is 4.68. The summed E-state index contributed by atoms with van der Waals surface area (Å²) in [6.07, 6.45) is 1.82. The van der Waals surface area contributed by atoms with Crippen LogP contribution in [0.1, 0.15) is 32.2 Å². The van der Waals surface area contributed by atoms with Gasteiger partial charge in [-0.25, -0.2) is 9.55 Å². The molecule has 0 aliphatic rings. The van der Waals surface area contributed by atoms with Gasteiger partial charge in [0.1, 0.15) is 16.8 Å². The standard InChI is InChI=1S/C32H29N5O3S/c1-32(2,3)22-16-14-21(15-17-22)29-34-26(40-36-29)19-41-31-35-27-23(20-10-6-5-7-11-20)18-33-28(27)30(38)37(31)24-12-8-9-13-25(24)39-4/h5-18,33H,19H2,1-4H3. The van der Waals surface area contributed by atoms with Gasteiger partial charge in [0.25, 0.3) is 5.56 Å². The molecule has 1 N–H and O–H groups in total. The number of para-hydroxylation sites is 2. The lowest BCUT2D eigenvalue weighted by atomic mass is 9.87. The van der Waals surface area contributed by atoms with Crippen LogP contribution in [-0.2, 0) is 11.2 Å².